The summed E-state index contributed by atoms with van der Waals surface area (Å²) in [5, 5.41) is 0. The van der Waals surface area contributed by atoms with E-state index < -0.39 is 0 Å². The number of hydrogen-bond donors (Lipinski definition) is 2. The first kappa shape index (κ1) is 11.9. The third-order valence-corrected chi connectivity index (χ3v) is 4.06. The maximum Gasteiger partial charge on any atom is 0.0940 e. The van der Waals surface area contributed by atoms with E-state index >= 15 is 0 Å². The van der Waals surface area contributed by atoms with E-state index in [0.29, 0.717) is 6.04 Å². The van der Waals surface area contributed by atoms with Crippen molar-refractivity contribution in [2.75, 3.05) is 0 Å². The summed E-state index contributed by atoms with van der Waals surface area (Å²) in [6.45, 7) is 0. The summed E-state index contributed by atoms with van der Waals surface area (Å²) in [5.41, 5.74) is 12.4. The molecule has 0 radical (unpaired) electrons. The molecular formula is C13H25N3. The molecule has 0 spiro atoms. The van der Waals surface area contributed by atoms with Crippen LogP contribution in [0.3, 0.4) is 0 Å². The van der Waals surface area contributed by atoms with Crippen LogP contribution in [0.15, 0.2) is 4.99 Å². The summed E-state index contributed by atoms with van der Waals surface area (Å²) in [6.07, 6.45) is 12.0. The van der Waals surface area contributed by atoms with Crippen LogP contribution in [-0.4, -0.2) is 17.4 Å². The van der Waals surface area contributed by atoms with Crippen molar-refractivity contribution in [2.24, 2.45) is 16.5 Å². The van der Waals surface area contributed by atoms with Gasteiger partial charge >= 0.3 is 0 Å². The SMILES string of the molecule is NC1=NC(CC2(N)CCCCC2)CCCC1. The predicted molar refractivity (Wildman–Crippen MR) is 68.5 cm³/mol. The van der Waals surface area contributed by atoms with Gasteiger partial charge in [0.25, 0.3) is 0 Å². The largest absolute Gasteiger partial charge is 0.387 e. The zero-order chi connectivity index (χ0) is 11.4. The van der Waals surface area contributed by atoms with Crippen molar-refractivity contribution in [1.29, 1.82) is 0 Å². The first-order valence-electron chi connectivity index (χ1n) is 6.79. The van der Waals surface area contributed by atoms with Gasteiger partial charge in [-0.3, -0.25) is 4.99 Å². The second-order valence-electron chi connectivity index (χ2n) is 5.65. The molecule has 4 N–H and O–H groups in total. The van der Waals surface area contributed by atoms with E-state index in [1.54, 1.807) is 0 Å². The Labute approximate surface area is 98.7 Å². The maximum atomic E-state index is 6.48. The van der Waals surface area contributed by atoms with Crippen LogP contribution in [0.5, 0.6) is 0 Å². The molecule has 0 bridgehead atoms. The Kier molecular flexibility index (Phi) is 3.85. The van der Waals surface area contributed by atoms with Gasteiger partial charge < -0.3 is 11.5 Å². The van der Waals surface area contributed by atoms with Crippen LogP contribution in [0.2, 0.25) is 0 Å². The summed E-state index contributed by atoms with van der Waals surface area (Å²) >= 11 is 0. The number of nitrogens with two attached hydrogens (primary N) is 2. The Morgan fingerprint density at radius 1 is 1.12 bits per heavy atom. The van der Waals surface area contributed by atoms with Crippen LogP contribution in [0.4, 0.5) is 0 Å². The molecular weight excluding hydrogens is 198 g/mol. The van der Waals surface area contributed by atoms with Crippen molar-refractivity contribution in [2.45, 2.75) is 75.8 Å². The minimum atomic E-state index is 0.0526. The molecule has 1 unspecified atom stereocenters. The summed E-state index contributed by atoms with van der Waals surface area (Å²) in [6, 6.07) is 0.394. The summed E-state index contributed by atoms with van der Waals surface area (Å²) in [7, 11) is 0. The maximum absolute atomic E-state index is 6.48. The Balaban J connectivity index is 1.94. The van der Waals surface area contributed by atoms with E-state index in [2.05, 4.69) is 4.99 Å². The van der Waals surface area contributed by atoms with E-state index in [4.69, 9.17) is 11.5 Å². The molecule has 0 amide bonds. The fraction of sp³-hybridized carbons (Fsp3) is 0.923. The predicted octanol–water partition coefficient (Wildman–Crippen LogP) is 2.34. The molecule has 1 aliphatic carbocycles. The Morgan fingerprint density at radius 2 is 1.88 bits per heavy atom. The monoisotopic (exact) mass is 223 g/mol. The van der Waals surface area contributed by atoms with Gasteiger partial charge in [-0.15, -0.1) is 0 Å². The normalized spacial score (nSPS) is 30.6. The highest BCUT2D eigenvalue weighted by Crippen LogP contribution is 2.32. The summed E-state index contributed by atoms with van der Waals surface area (Å²) < 4.78 is 0. The molecule has 92 valence electrons. The van der Waals surface area contributed by atoms with Crippen molar-refractivity contribution < 1.29 is 0 Å². The molecule has 1 aliphatic heterocycles. The number of aliphatic imine (C=N–C) groups is 1. The van der Waals surface area contributed by atoms with Gasteiger partial charge in [-0.25, -0.2) is 0 Å². The second-order valence-corrected chi connectivity index (χ2v) is 5.65. The summed E-state index contributed by atoms with van der Waals surface area (Å²) in [4.78, 5) is 4.63. The standard InChI is InChI=1S/C13H25N3/c14-12-7-3-2-6-11(16-12)10-13(15)8-4-1-5-9-13/h11H,1-10,15H2,(H2,14,16). The van der Waals surface area contributed by atoms with Gasteiger partial charge in [-0.1, -0.05) is 25.7 Å². The molecule has 1 heterocycles. The minimum absolute atomic E-state index is 0.0526. The second kappa shape index (κ2) is 5.17. The van der Waals surface area contributed by atoms with E-state index in [9.17, 15) is 0 Å². The zero-order valence-corrected chi connectivity index (χ0v) is 10.3. The molecule has 3 heteroatoms. The van der Waals surface area contributed by atoms with Crippen LogP contribution >= 0.6 is 0 Å². The van der Waals surface area contributed by atoms with Gasteiger partial charge in [-0.05, 0) is 32.1 Å². The first-order valence-corrected chi connectivity index (χ1v) is 6.79. The fourth-order valence-electron chi connectivity index (χ4n) is 3.13. The van der Waals surface area contributed by atoms with Gasteiger partial charge in [0.1, 0.15) is 0 Å². The van der Waals surface area contributed by atoms with Crippen LogP contribution in [0, 0.1) is 0 Å². The minimum Gasteiger partial charge on any atom is -0.387 e. The van der Waals surface area contributed by atoms with Crippen molar-refractivity contribution in [3.63, 3.8) is 0 Å². The molecule has 2 aliphatic rings. The van der Waals surface area contributed by atoms with E-state index in [0.717, 1.165) is 18.7 Å². The third-order valence-electron chi connectivity index (χ3n) is 4.06. The van der Waals surface area contributed by atoms with E-state index in [1.807, 2.05) is 0 Å². The van der Waals surface area contributed by atoms with Crippen LogP contribution in [-0.2, 0) is 0 Å². The first-order chi connectivity index (χ1) is 7.68. The highest BCUT2D eigenvalue weighted by atomic mass is 14.9. The molecule has 0 saturated heterocycles. The molecule has 1 fully saturated rings. The Hall–Kier alpha value is -0.570. The molecule has 1 atom stereocenters. The fourth-order valence-corrected chi connectivity index (χ4v) is 3.13. The van der Waals surface area contributed by atoms with E-state index in [-0.39, 0.29) is 5.54 Å². The molecule has 3 nitrogen and oxygen atoms in total. The number of hydrogen-bond acceptors (Lipinski definition) is 3. The average Bonchev–Trinajstić information content (AvgIpc) is 2.43. The zero-order valence-electron chi connectivity index (χ0n) is 10.3. The lowest BCUT2D eigenvalue weighted by atomic mass is 9.78. The van der Waals surface area contributed by atoms with Gasteiger partial charge in [0.2, 0.25) is 0 Å². The highest BCUT2D eigenvalue weighted by molar-refractivity contribution is 5.80. The van der Waals surface area contributed by atoms with Crippen molar-refractivity contribution in [1.82, 2.24) is 0 Å². The molecule has 2 rings (SSSR count). The number of nitrogens with zero attached hydrogens (tertiary/aromatic N) is 1. The van der Waals surface area contributed by atoms with Crippen LogP contribution in [0.25, 0.3) is 0 Å². The molecule has 1 saturated carbocycles. The van der Waals surface area contributed by atoms with E-state index in [1.165, 1.54) is 51.4 Å². The topological polar surface area (TPSA) is 64.4 Å². The quantitative estimate of drug-likeness (QED) is 0.754. The summed E-state index contributed by atoms with van der Waals surface area (Å²) in [5.74, 6) is 0.849. The van der Waals surface area contributed by atoms with Gasteiger partial charge in [-0.2, -0.15) is 0 Å². The van der Waals surface area contributed by atoms with Gasteiger partial charge in [0.15, 0.2) is 0 Å². The number of rotatable bonds is 2. The van der Waals surface area contributed by atoms with Gasteiger partial charge in [0.05, 0.1) is 11.9 Å². The number of amidine groups is 1. The average molecular weight is 223 g/mol. The Morgan fingerprint density at radius 3 is 2.62 bits per heavy atom. The van der Waals surface area contributed by atoms with Crippen molar-refractivity contribution >= 4 is 5.84 Å². The molecule has 0 aromatic carbocycles. The smallest absolute Gasteiger partial charge is 0.0940 e. The molecule has 0 aromatic heterocycles. The third kappa shape index (κ3) is 3.21. The molecule has 16 heavy (non-hydrogen) atoms. The lowest BCUT2D eigenvalue weighted by Gasteiger charge is -2.35. The van der Waals surface area contributed by atoms with Gasteiger partial charge in [0, 0.05) is 12.0 Å². The van der Waals surface area contributed by atoms with Crippen LogP contribution in [0.1, 0.15) is 64.2 Å². The van der Waals surface area contributed by atoms with Crippen molar-refractivity contribution in [3.05, 3.63) is 0 Å². The highest BCUT2D eigenvalue weighted by Gasteiger charge is 2.30. The Bertz CT molecular complexity index is 254. The lowest BCUT2D eigenvalue weighted by Crippen LogP contribution is -2.44. The van der Waals surface area contributed by atoms with Crippen LogP contribution < -0.4 is 11.5 Å². The molecule has 0 aromatic rings. The van der Waals surface area contributed by atoms with Crippen molar-refractivity contribution in [3.8, 4) is 0 Å². The lowest BCUT2D eigenvalue weighted by molar-refractivity contribution is 0.257.